The van der Waals surface area contributed by atoms with Crippen LogP contribution in [-0.4, -0.2) is 31.7 Å². The second-order valence-corrected chi connectivity index (χ2v) is 7.69. The first-order valence-electron chi connectivity index (χ1n) is 11.5. The Labute approximate surface area is 205 Å². The van der Waals surface area contributed by atoms with Gasteiger partial charge >= 0.3 is 5.97 Å². The molecule has 7 nitrogen and oxygen atoms in total. The number of hydrogen-bond acceptors (Lipinski definition) is 6. The Balaban J connectivity index is 1.53. The fourth-order valence-electron chi connectivity index (χ4n) is 3.33. The zero-order valence-electron chi connectivity index (χ0n) is 19.7. The van der Waals surface area contributed by atoms with Crippen LogP contribution in [0.2, 0.25) is 0 Å². The zero-order valence-corrected chi connectivity index (χ0v) is 19.7. The lowest BCUT2D eigenvalue weighted by Crippen LogP contribution is -2.17. The molecule has 0 aliphatic rings. The molecular weight excluding hydrogens is 444 g/mol. The van der Waals surface area contributed by atoms with Gasteiger partial charge in [-0.25, -0.2) is 4.79 Å². The molecule has 0 saturated heterocycles. The minimum absolute atomic E-state index is 0.243. The Morgan fingerprint density at radius 1 is 0.943 bits per heavy atom. The second kappa shape index (κ2) is 13.4. The number of hydrogen-bond donors (Lipinski definition) is 1. The normalized spacial score (nSPS) is 10.2. The minimum Gasteiger partial charge on any atom is -0.494 e. The highest BCUT2D eigenvalue weighted by atomic mass is 16.6. The van der Waals surface area contributed by atoms with Gasteiger partial charge < -0.3 is 19.5 Å². The third kappa shape index (κ3) is 8.20. The summed E-state index contributed by atoms with van der Waals surface area (Å²) < 4.78 is 16.1. The van der Waals surface area contributed by atoms with Gasteiger partial charge in [0.25, 0.3) is 5.91 Å². The molecule has 0 radical (unpaired) electrons. The molecule has 0 heterocycles. The molecular formula is C28H28N2O5. The third-order valence-corrected chi connectivity index (χ3v) is 5.10. The van der Waals surface area contributed by atoms with Gasteiger partial charge in [-0.3, -0.25) is 4.79 Å². The van der Waals surface area contributed by atoms with E-state index in [0.717, 1.165) is 19.3 Å². The van der Waals surface area contributed by atoms with Crippen molar-refractivity contribution in [3.63, 3.8) is 0 Å². The average molecular weight is 473 g/mol. The van der Waals surface area contributed by atoms with E-state index in [1.165, 1.54) is 17.7 Å². The van der Waals surface area contributed by atoms with Crippen LogP contribution in [0.4, 0.5) is 5.69 Å². The molecule has 0 spiro atoms. The molecule has 7 heteroatoms. The van der Waals surface area contributed by atoms with Crippen molar-refractivity contribution in [3.8, 4) is 17.6 Å². The van der Waals surface area contributed by atoms with E-state index in [4.69, 9.17) is 14.2 Å². The molecule has 3 rings (SSSR count). The van der Waals surface area contributed by atoms with Crippen molar-refractivity contribution in [2.45, 2.75) is 26.2 Å². The van der Waals surface area contributed by atoms with Crippen LogP contribution >= 0.6 is 0 Å². The van der Waals surface area contributed by atoms with E-state index in [-0.39, 0.29) is 30.6 Å². The van der Waals surface area contributed by atoms with Gasteiger partial charge in [-0.1, -0.05) is 30.3 Å². The Morgan fingerprint density at radius 3 is 2.43 bits per heavy atom. The second-order valence-electron chi connectivity index (χ2n) is 7.69. The number of nitrogens with zero attached hydrogens (tertiary/aromatic N) is 1. The van der Waals surface area contributed by atoms with E-state index in [1.807, 2.05) is 24.3 Å². The Morgan fingerprint density at radius 2 is 1.71 bits per heavy atom. The van der Waals surface area contributed by atoms with Crippen molar-refractivity contribution in [1.29, 1.82) is 5.26 Å². The fourth-order valence-corrected chi connectivity index (χ4v) is 3.33. The SMILES string of the molecule is CCOC(=O)COc1ccc(C#N)cc1NC(=O)c1ccc(OCCCCc2ccccc2)cc1. The molecule has 0 fully saturated rings. The van der Waals surface area contributed by atoms with E-state index in [2.05, 4.69) is 17.4 Å². The van der Waals surface area contributed by atoms with Crippen molar-refractivity contribution in [3.05, 3.63) is 89.5 Å². The summed E-state index contributed by atoms with van der Waals surface area (Å²) in [4.78, 5) is 24.4. The molecule has 0 atom stereocenters. The summed E-state index contributed by atoms with van der Waals surface area (Å²) in [6.07, 6.45) is 2.98. The molecule has 0 aromatic heterocycles. The Bertz CT molecular complexity index is 1150. The Hall–Kier alpha value is -4.31. The molecule has 3 aromatic rings. The van der Waals surface area contributed by atoms with Gasteiger partial charge in [0.05, 0.1) is 30.5 Å². The smallest absolute Gasteiger partial charge is 0.344 e. The van der Waals surface area contributed by atoms with Crippen LogP contribution in [0.25, 0.3) is 0 Å². The van der Waals surface area contributed by atoms with Gasteiger partial charge in [-0.05, 0) is 74.2 Å². The first kappa shape index (κ1) is 25.3. The van der Waals surface area contributed by atoms with Crippen LogP contribution < -0.4 is 14.8 Å². The lowest BCUT2D eigenvalue weighted by atomic mass is 10.1. The maximum absolute atomic E-state index is 12.8. The summed E-state index contributed by atoms with van der Waals surface area (Å²) in [6.45, 7) is 2.24. The van der Waals surface area contributed by atoms with E-state index >= 15 is 0 Å². The number of nitriles is 1. The highest BCUT2D eigenvalue weighted by Crippen LogP contribution is 2.27. The molecule has 180 valence electrons. The molecule has 1 amide bonds. The van der Waals surface area contributed by atoms with Gasteiger partial charge in [0.1, 0.15) is 11.5 Å². The molecule has 35 heavy (non-hydrogen) atoms. The average Bonchev–Trinajstić information content (AvgIpc) is 2.88. The molecule has 0 aliphatic heterocycles. The molecule has 0 saturated carbocycles. The first-order chi connectivity index (χ1) is 17.1. The lowest BCUT2D eigenvalue weighted by molar-refractivity contribution is -0.145. The van der Waals surface area contributed by atoms with Crippen LogP contribution in [0.3, 0.4) is 0 Å². The van der Waals surface area contributed by atoms with Crippen molar-refractivity contribution in [2.24, 2.45) is 0 Å². The summed E-state index contributed by atoms with van der Waals surface area (Å²) in [5.74, 6) is 0.0485. The molecule has 0 aliphatic carbocycles. The summed E-state index contributed by atoms with van der Waals surface area (Å²) in [5.41, 5.74) is 2.37. The number of unbranched alkanes of at least 4 members (excludes halogenated alkanes) is 1. The molecule has 0 unspecified atom stereocenters. The topological polar surface area (TPSA) is 97.6 Å². The highest BCUT2D eigenvalue weighted by molar-refractivity contribution is 6.05. The molecule has 1 N–H and O–H groups in total. The van der Waals surface area contributed by atoms with Gasteiger partial charge in [-0.15, -0.1) is 0 Å². The quantitative estimate of drug-likeness (QED) is 0.289. The number of aryl methyl sites for hydroxylation is 1. The minimum atomic E-state index is -0.523. The van der Waals surface area contributed by atoms with Gasteiger partial charge in [-0.2, -0.15) is 5.26 Å². The predicted octanol–water partition coefficient (Wildman–Crippen LogP) is 5.15. The van der Waals surface area contributed by atoms with Gasteiger partial charge in [0, 0.05) is 5.56 Å². The highest BCUT2D eigenvalue weighted by Gasteiger charge is 2.13. The first-order valence-corrected chi connectivity index (χ1v) is 11.5. The monoisotopic (exact) mass is 472 g/mol. The number of amides is 1. The number of benzene rings is 3. The van der Waals surface area contributed by atoms with E-state index in [0.29, 0.717) is 23.5 Å². The standard InChI is InChI=1S/C28H28N2O5/c1-2-33-27(31)20-35-26-16-11-22(19-29)18-25(26)30-28(32)23-12-14-24(15-13-23)34-17-7-6-10-21-8-4-3-5-9-21/h3-5,8-9,11-16,18H,2,6-7,10,17,20H2,1H3,(H,30,32). The largest absolute Gasteiger partial charge is 0.494 e. The summed E-state index contributed by atoms with van der Waals surface area (Å²) in [5, 5.41) is 11.9. The number of rotatable bonds is 12. The van der Waals surface area contributed by atoms with Crippen molar-refractivity contribution >= 4 is 17.6 Å². The van der Waals surface area contributed by atoms with Crippen molar-refractivity contribution in [2.75, 3.05) is 25.1 Å². The number of nitrogens with one attached hydrogen (secondary N) is 1. The Kier molecular flexibility index (Phi) is 9.70. The van der Waals surface area contributed by atoms with Crippen LogP contribution in [0.5, 0.6) is 11.5 Å². The van der Waals surface area contributed by atoms with Crippen LogP contribution in [0.1, 0.15) is 41.3 Å². The molecule has 3 aromatic carbocycles. The zero-order chi connectivity index (χ0) is 24.9. The number of carbonyl (C=O) groups is 2. The fraction of sp³-hybridized carbons (Fsp3) is 0.250. The van der Waals surface area contributed by atoms with Gasteiger partial charge in [0.2, 0.25) is 0 Å². The van der Waals surface area contributed by atoms with Crippen LogP contribution in [0.15, 0.2) is 72.8 Å². The summed E-state index contributed by atoms with van der Waals surface area (Å²) in [6, 6.07) is 23.8. The van der Waals surface area contributed by atoms with Crippen LogP contribution in [0, 0.1) is 11.3 Å². The number of anilines is 1. The number of esters is 1. The number of carbonyl (C=O) groups excluding carboxylic acids is 2. The summed E-state index contributed by atoms with van der Waals surface area (Å²) >= 11 is 0. The lowest BCUT2D eigenvalue weighted by Gasteiger charge is -2.13. The van der Waals surface area contributed by atoms with Crippen molar-refractivity contribution in [1.82, 2.24) is 0 Å². The van der Waals surface area contributed by atoms with Gasteiger partial charge in [0.15, 0.2) is 6.61 Å². The summed E-state index contributed by atoms with van der Waals surface area (Å²) in [7, 11) is 0. The number of ether oxygens (including phenoxy) is 3. The van der Waals surface area contributed by atoms with Crippen molar-refractivity contribution < 1.29 is 23.8 Å². The van der Waals surface area contributed by atoms with E-state index < -0.39 is 5.97 Å². The molecule has 0 bridgehead atoms. The maximum atomic E-state index is 12.8. The van der Waals surface area contributed by atoms with E-state index in [9.17, 15) is 14.9 Å². The third-order valence-electron chi connectivity index (χ3n) is 5.10. The van der Waals surface area contributed by atoms with Crippen LogP contribution in [-0.2, 0) is 16.0 Å². The van der Waals surface area contributed by atoms with E-state index in [1.54, 1.807) is 37.3 Å². The predicted molar refractivity (Wildman–Crippen MR) is 133 cm³/mol. The maximum Gasteiger partial charge on any atom is 0.344 e.